The van der Waals surface area contributed by atoms with Gasteiger partial charge in [-0.05, 0) is 26.0 Å². The fourth-order valence-corrected chi connectivity index (χ4v) is 1.27. The van der Waals surface area contributed by atoms with Gasteiger partial charge in [-0.1, -0.05) is 0 Å². The molecule has 0 fully saturated rings. The van der Waals surface area contributed by atoms with Crippen molar-refractivity contribution in [3.63, 3.8) is 0 Å². The fourth-order valence-electron chi connectivity index (χ4n) is 1.27. The van der Waals surface area contributed by atoms with Gasteiger partial charge in [0.1, 0.15) is 0 Å². The molecule has 3 N–H and O–H groups in total. The van der Waals surface area contributed by atoms with Crippen LogP contribution < -0.4 is 15.4 Å². The summed E-state index contributed by atoms with van der Waals surface area (Å²) in [7, 11) is 0. The summed E-state index contributed by atoms with van der Waals surface area (Å²) >= 11 is 0. The minimum atomic E-state index is -1.27. The number of amides is 3. The van der Waals surface area contributed by atoms with Crippen LogP contribution in [0, 0.1) is 0 Å². The molecule has 0 saturated carbocycles. The maximum absolute atomic E-state index is 11.4. The molecule has 0 aliphatic heterocycles. The smallest absolute Gasteiger partial charge is 0.358 e. The van der Waals surface area contributed by atoms with Gasteiger partial charge in [-0.15, -0.1) is 0 Å². The molecule has 108 valence electrons. The maximum Gasteiger partial charge on any atom is 0.358 e. The number of carboxylic acid groups (broad SMARTS) is 1. The van der Waals surface area contributed by atoms with Gasteiger partial charge in [0, 0.05) is 12.2 Å². The molecule has 8 heteroatoms. The third kappa shape index (κ3) is 4.92. The minimum absolute atomic E-state index is 0.0422. The standard InChI is InChI=1S/C12H15N3O5/c1-7(2)14-12(19)15-9(16)6-20-8-4-3-5-13-10(8)11(17)18/h3-5,7H,6H2,1-2H3,(H,17,18)(H2,14,15,16,19). The van der Waals surface area contributed by atoms with E-state index in [1.54, 1.807) is 13.8 Å². The summed E-state index contributed by atoms with van der Waals surface area (Å²) in [5.41, 5.74) is -0.299. The molecule has 0 radical (unpaired) electrons. The molecule has 0 atom stereocenters. The van der Waals surface area contributed by atoms with Crippen molar-refractivity contribution in [1.82, 2.24) is 15.6 Å². The van der Waals surface area contributed by atoms with E-state index in [1.807, 2.05) is 5.32 Å². The van der Waals surface area contributed by atoms with Gasteiger partial charge < -0.3 is 15.2 Å². The lowest BCUT2D eigenvalue weighted by atomic mass is 10.3. The average molecular weight is 281 g/mol. The van der Waals surface area contributed by atoms with Gasteiger partial charge in [-0.2, -0.15) is 0 Å². The van der Waals surface area contributed by atoms with Crippen molar-refractivity contribution in [1.29, 1.82) is 0 Å². The largest absolute Gasteiger partial charge is 0.481 e. The van der Waals surface area contributed by atoms with Crippen molar-refractivity contribution in [2.75, 3.05) is 6.61 Å². The minimum Gasteiger partial charge on any atom is -0.481 e. The molecule has 8 nitrogen and oxygen atoms in total. The Bertz CT molecular complexity index is 516. The number of carbonyl (C=O) groups is 3. The van der Waals surface area contributed by atoms with Crippen LogP contribution in [0.15, 0.2) is 18.3 Å². The Labute approximate surface area is 115 Å². The monoisotopic (exact) mass is 281 g/mol. The van der Waals surface area contributed by atoms with E-state index in [1.165, 1.54) is 18.3 Å². The Kier molecular flexibility index (Phi) is 5.45. The zero-order chi connectivity index (χ0) is 15.1. The normalized spacial score (nSPS) is 9.95. The van der Waals surface area contributed by atoms with Gasteiger partial charge in [0.25, 0.3) is 5.91 Å². The van der Waals surface area contributed by atoms with Crippen LogP contribution in [0.2, 0.25) is 0 Å². The number of nitrogens with one attached hydrogen (secondary N) is 2. The van der Waals surface area contributed by atoms with Crippen molar-refractivity contribution in [3.05, 3.63) is 24.0 Å². The number of aromatic nitrogens is 1. The van der Waals surface area contributed by atoms with Crippen molar-refractivity contribution < 1.29 is 24.2 Å². The van der Waals surface area contributed by atoms with Gasteiger partial charge in [0.2, 0.25) is 0 Å². The highest BCUT2D eigenvalue weighted by Crippen LogP contribution is 2.14. The topological polar surface area (TPSA) is 118 Å². The molecule has 20 heavy (non-hydrogen) atoms. The van der Waals surface area contributed by atoms with E-state index in [2.05, 4.69) is 10.3 Å². The average Bonchev–Trinajstić information content (AvgIpc) is 2.35. The molecular weight excluding hydrogens is 266 g/mol. The summed E-state index contributed by atoms with van der Waals surface area (Å²) in [5.74, 6) is -2.00. The van der Waals surface area contributed by atoms with Gasteiger partial charge in [0.15, 0.2) is 18.1 Å². The molecule has 0 aromatic carbocycles. The maximum atomic E-state index is 11.4. The second-order valence-corrected chi connectivity index (χ2v) is 4.12. The number of urea groups is 1. The van der Waals surface area contributed by atoms with Crippen LogP contribution in [0.5, 0.6) is 5.75 Å². The molecule has 0 aliphatic rings. The Morgan fingerprint density at radius 3 is 2.70 bits per heavy atom. The molecule has 0 saturated heterocycles. The first-order valence-electron chi connectivity index (χ1n) is 5.81. The van der Waals surface area contributed by atoms with E-state index in [4.69, 9.17) is 9.84 Å². The van der Waals surface area contributed by atoms with Crippen LogP contribution >= 0.6 is 0 Å². The summed E-state index contributed by atoms with van der Waals surface area (Å²) in [4.78, 5) is 37.1. The van der Waals surface area contributed by atoms with Crippen LogP contribution in [0.25, 0.3) is 0 Å². The highest BCUT2D eigenvalue weighted by Gasteiger charge is 2.14. The number of nitrogens with zero attached hydrogens (tertiary/aromatic N) is 1. The lowest BCUT2D eigenvalue weighted by Crippen LogP contribution is -2.44. The molecule has 0 unspecified atom stereocenters. The Morgan fingerprint density at radius 1 is 1.40 bits per heavy atom. The predicted molar refractivity (Wildman–Crippen MR) is 68.5 cm³/mol. The third-order valence-corrected chi connectivity index (χ3v) is 2.00. The summed E-state index contributed by atoms with van der Waals surface area (Å²) in [5, 5.41) is 13.4. The highest BCUT2D eigenvalue weighted by molar-refractivity contribution is 5.95. The number of rotatable bonds is 5. The number of pyridine rings is 1. The predicted octanol–water partition coefficient (Wildman–Crippen LogP) is 0.393. The molecule has 1 heterocycles. The first kappa shape index (κ1) is 15.4. The van der Waals surface area contributed by atoms with Gasteiger partial charge in [0.05, 0.1) is 0 Å². The number of hydrogen-bond donors (Lipinski definition) is 3. The second kappa shape index (κ2) is 7.07. The lowest BCUT2D eigenvalue weighted by Gasteiger charge is -2.10. The Morgan fingerprint density at radius 2 is 2.10 bits per heavy atom. The number of carbonyl (C=O) groups excluding carboxylic acids is 2. The van der Waals surface area contributed by atoms with Gasteiger partial charge in [-0.3, -0.25) is 10.1 Å². The van der Waals surface area contributed by atoms with Crippen molar-refractivity contribution >= 4 is 17.9 Å². The first-order chi connectivity index (χ1) is 9.40. The van der Waals surface area contributed by atoms with Crippen LogP contribution in [0.1, 0.15) is 24.3 Å². The number of carboxylic acids is 1. The first-order valence-corrected chi connectivity index (χ1v) is 5.81. The SMILES string of the molecule is CC(C)NC(=O)NC(=O)COc1cccnc1C(=O)O. The summed E-state index contributed by atoms with van der Waals surface area (Å²) < 4.78 is 5.03. The lowest BCUT2D eigenvalue weighted by molar-refractivity contribution is -0.122. The van der Waals surface area contributed by atoms with E-state index < -0.39 is 24.5 Å². The summed E-state index contributed by atoms with van der Waals surface area (Å²) in [6.07, 6.45) is 1.30. The van der Waals surface area contributed by atoms with E-state index in [9.17, 15) is 14.4 Å². The number of hydrogen-bond acceptors (Lipinski definition) is 5. The van der Waals surface area contributed by atoms with Crippen LogP contribution in [0.3, 0.4) is 0 Å². The molecule has 1 aromatic rings. The zero-order valence-electron chi connectivity index (χ0n) is 11.0. The molecule has 0 aliphatic carbocycles. The molecule has 1 aromatic heterocycles. The van der Waals surface area contributed by atoms with Crippen molar-refractivity contribution in [2.24, 2.45) is 0 Å². The van der Waals surface area contributed by atoms with E-state index >= 15 is 0 Å². The van der Waals surface area contributed by atoms with E-state index in [0.29, 0.717) is 0 Å². The molecule has 0 spiro atoms. The fraction of sp³-hybridized carbons (Fsp3) is 0.333. The van der Waals surface area contributed by atoms with E-state index in [0.717, 1.165) is 0 Å². The quantitative estimate of drug-likeness (QED) is 0.718. The Hall–Kier alpha value is -2.64. The van der Waals surface area contributed by atoms with Crippen molar-refractivity contribution in [3.8, 4) is 5.75 Å². The summed E-state index contributed by atoms with van der Waals surface area (Å²) in [6, 6.07) is 2.10. The third-order valence-electron chi connectivity index (χ3n) is 2.00. The number of ether oxygens (including phenoxy) is 1. The molecular formula is C12H15N3O5. The molecule has 3 amide bonds. The van der Waals surface area contributed by atoms with Gasteiger partial charge >= 0.3 is 12.0 Å². The zero-order valence-corrected chi connectivity index (χ0v) is 11.0. The van der Waals surface area contributed by atoms with Crippen LogP contribution in [0.4, 0.5) is 4.79 Å². The van der Waals surface area contributed by atoms with E-state index in [-0.39, 0.29) is 17.5 Å². The molecule has 1 rings (SSSR count). The number of imide groups is 1. The van der Waals surface area contributed by atoms with Crippen LogP contribution in [-0.4, -0.2) is 40.6 Å². The number of aromatic carboxylic acids is 1. The second-order valence-electron chi connectivity index (χ2n) is 4.12. The Balaban J connectivity index is 2.53. The van der Waals surface area contributed by atoms with Crippen molar-refractivity contribution in [2.45, 2.75) is 19.9 Å². The van der Waals surface area contributed by atoms with Gasteiger partial charge in [-0.25, -0.2) is 14.6 Å². The summed E-state index contributed by atoms with van der Waals surface area (Å²) in [6.45, 7) is 3.00. The highest BCUT2D eigenvalue weighted by atomic mass is 16.5. The molecule has 0 bridgehead atoms. The van der Waals surface area contributed by atoms with Crippen LogP contribution in [-0.2, 0) is 4.79 Å².